The Labute approximate surface area is 102 Å². The molecule has 17 heavy (non-hydrogen) atoms. The summed E-state index contributed by atoms with van der Waals surface area (Å²) in [4.78, 5) is 10.6. The van der Waals surface area contributed by atoms with E-state index in [1.54, 1.807) is 0 Å². The zero-order chi connectivity index (χ0) is 12.3. The van der Waals surface area contributed by atoms with E-state index >= 15 is 0 Å². The molecule has 1 aliphatic rings. The molecule has 5 nitrogen and oxygen atoms in total. The van der Waals surface area contributed by atoms with Gasteiger partial charge in [-0.15, -0.1) is 0 Å². The van der Waals surface area contributed by atoms with E-state index in [0.29, 0.717) is 12.0 Å². The average Bonchev–Trinajstić information content (AvgIpc) is 2.19. The van der Waals surface area contributed by atoms with Crippen molar-refractivity contribution in [3.05, 3.63) is 11.8 Å². The van der Waals surface area contributed by atoms with Crippen LogP contribution in [0, 0.1) is 6.92 Å². The standard InChI is InChI=1S/C12H20N4O/c1-9-8-11(15-12(13)14-9)16(6-3-7-17)10-4-2-5-10/h8,10,17H,2-7H2,1H3,(H2,13,14,15). The number of hydrogen-bond donors (Lipinski definition) is 2. The van der Waals surface area contributed by atoms with E-state index in [4.69, 9.17) is 10.8 Å². The summed E-state index contributed by atoms with van der Waals surface area (Å²) in [5.41, 5.74) is 6.58. The second kappa shape index (κ2) is 5.31. The summed E-state index contributed by atoms with van der Waals surface area (Å²) < 4.78 is 0. The molecule has 1 aliphatic carbocycles. The Kier molecular flexibility index (Phi) is 3.78. The van der Waals surface area contributed by atoms with Crippen LogP contribution in [0.2, 0.25) is 0 Å². The Balaban J connectivity index is 2.17. The van der Waals surface area contributed by atoms with Crippen molar-refractivity contribution in [2.45, 2.75) is 38.6 Å². The maximum absolute atomic E-state index is 8.96. The molecule has 1 heterocycles. The van der Waals surface area contributed by atoms with Gasteiger partial charge < -0.3 is 15.7 Å². The molecule has 1 aromatic rings. The fourth-order valence-corrected chi connectivity index (χ4v) is 2.15. The van der Waals surface area contributed by atoms with E-state index in [1.165, 1.54) is 19.3 Å². The Morgan fingerprint density at radius 2 is 2.24 bits per heavy atom. The summed E-state index contributed by atoms with van der Waals surface area (Å²) in [6.07, 6.45) is 4.45. The van der Waals surface area contributed by atoms with E-state index in [0.717, 1.165) is 24.5 Å². The van der Waals surface area contributed by atoms with Gasteiger partial charge in [0.1, 0.15) is 5.82 Å². The number of aromatic nitrogens is 2. The zero-order valence-electron chi connectivity index (χ0n) is 10.3. The highest BCUT2D eigenvalue weighted by Gasteiger charge is 2.25. The summed E-state index contributed by atoms with van der Waals surface area (Å²) in [5.74, 6) is 1.22. The van der Waals surface area contributed by atoms with E-state index in [2.05, 4.69) is 14.9 Å². The van der Waals surface area contributed by atoms with Crippen molar-refractivity contribution in [1.29, 1.82) is 0 Å². The minimum atomic E-state index is 0.211. The predicted octanol–water partition coefficient (Wildman–Crippen LogP) is 1.11. The van der Waals surface area contributed by atoms with Crippen molar-refractivity contribution in [1.82, 2.24) is 9.97 Å². The third-order valence-electron chi connectivity index (χ3n) is 3.22. The van der Waals surface area contributed by atoms with Crippen molar-refractivity contribution in [3.8, 4) is 0 Å². The number of rotatable bonds is 5. The molecule has 0 spiro atoms. The van der Waals surface area contributed by atoms with Crippen LogP contribution >= 0.6 is 0 Å². The van der Waals surface area contributed by atoms with Crippen LogP contribution in [0.4, 0.5) is 11.8 Å². The van der Waals surface area contributed by atoms with Crippen LogP contribution in [0.3, 0.4) is 0 Å². The summed E-state index contributed by atoms with van der Waals surface area (Å²) in [6.45, 7) is 2.96. The lowest BCUT2D eigenvalue weighted by Crippen LogP contribution is -2.41. The molecule has 2 rings (SSSR count). The average molecular weight is 236 g/mol. The largest absolute Gasteiger partial charge is 0.396 e. The van der Waals surface area contributed by atoms with Gasteiger partial charge in [0.15, 0.2) is 0 Å². The van der Waals surface area contributed by atoms with Gasteiger partial charge >= 0.3 is 0 Å². The normalized spacial score (nSPS) is 15.6. The Bertz CT molecular complexity index is 359. The summed E-state index contributed by atoms with van der Waals surface area (Å²) in [7, 11) is 0. The number of nitrogens with zero attached hydrogens (tertiary/aromatic N) is 3. The molecule has 0 amide bonds. The van der Waals surface area contributed by atoms with Gasteiger partial charge in [-0.3, -0.25) is 0 Å². The smallest absolute Gasteiger partial charge is 0.222 e. The number of hydrogen-bond acceptors (Lipinski definition) is 5. The van der Waals surface area contributed by atoms with Crippen LogP contribution in [-0.2, 0) is 0 Å². The van der Waals surface area contributed by atoms with Crippen molar-refractivity contribution in [3.63, 3.8) is 0 Å². The van der Waals surface area contributed by atoms with E-state index < -0.39 is 0 Å². The van der Waals surface area contributed by atoms with E-state index in [-0.39, 0.29) is 6.61 Å². The molecule has 1 fully saturated rings. The number of aliphatic hydroxyl groups excluding tert-OH is 1. The number of aliphatic hydroxyl groups is 1. The van der Waals surface area contributed by atoms with Crippen LogP contribution < -0.4 is 10.6 Å². The fourth-order valence-electron chi connectivity index (χ4n) is 2.15. The molecule has 1 aromatic heterocycles. The third kappa shape index (κ3) is 2.85. The van der Waals surface area contributed by atoms with Gasteiger partial charge in [-0.05, 0) is 32.6 Å². The first-order chi connectivity index (χ1) is 8.20. The molecular weight excluding hydrogens is 216 g/mol. The molecule has 94 valence electrons. The van der Waals surface area contributed by atoms with Crippen LogP contribution in [0.15, 0.2) is 6.07 Å². The highest BCUT2D eigenvalue weighted by Crippen LogP contribution is 2.29. The minimum Gasteiger partial charge on any atom is -0.396 e. The van der Waals surface area contributed by atoms with E-state index in [9.17, 15) is 0 Å². The lowest BCUT2D eigenvalue weighted by Gasteiger charge is -2.38. The molecular formula is C12H20N4O. The number of nitrogens with two attached hydrogens (primary N) is 1. The third-order valence-corrected chi connectivity index (χ3v) is 3.22. The lowest BCUT2D eigenvalue weighted by atomic mass is 9.91. The van der Waals surface area contributed by atoms with Crippen molar-refractivity contribution < 1.29 is 5.11 Å². The molecule has 1 saturated carbocycles. The molecule has 3 N–H and O–H groups in total. The topological polar surface area (TPSA) is 75.3 Å². The highest BCUT2D eigenvalue weighted by atomic mass is 16.3. The molecule has 0 saturated heterocycles. The zero-order valence-corrected chi connectivity index (χ0v) is 10.3. The van der Waals surface area contributed by atoms with E-state index in [1.807, 2.05) is 13.0 Å². The predicted molar refractivity (Wildman–Crippen MR) is 67.9 cm³/mol. The molecule has 0 atom stereocenters. The second-order valence-electron chi connectivity index (χ2n) is 4.58. The molecule has 0 bridgehead atoms. The van der Waals surface area contributed by atoms with Gasteiger partial charge in [0.2, 0.25) is 5.95 Å². The van der Waals surface area contributed by atoms with Crippen LogP contribution in [-0.4, -0.2) is 34.3 Å². The van der Waals surface area contributed by atoms with Gasteiger partial charge in [-0.2, -0.15) is 4.98 Å². The molecule has 5 heteroatoms. The molecule has 0 unspecified atom stereocenters. The minimum absolute atomic E-state index is 0.211. The second-order valence-corrected chi connectivity index (χ2v) is 4.58. The van der Waals surface area contributed by atoms with Crippen LogP contribution in [0.25, 0.3) is 0 Å². The maximum atomic E-state index is 8.96. The lowest BCUT2D eigenvalue weighted by molar-refractivity contribution is 0.282. The van der Waals surface area contributed by atoms with Gasteiger partial charge in [0, 0.05) is 31.0 Å². The Morgan fingerprint density at radius 1 is 1.47 bits per heavy atom. The number of aryl methyl sites for hydroxylation is 1. The quantitative estimate of drug-likeness (QED) is 0.801. The maximum Gasteiger partial charge on any atom is 0.222 e. The Hall–Kier alpha value is -1.36. The first-order valence-electron chi connectivity index (χ1n) is 6.19. The SMILES string of the molecule is Cc1cc(N(CCCO)C2CCC2)nc(N)n1. The summed E-state index contributed by atoms with van der Waals surface area (Å²) >= 11 is 0. The summed E-state index contributed by atoms with van der Waals surface area (Å²) in [6, 6.07) is 2.52. The monoisotopic (exact) mass is 236 g/mol. The molecule has 0 aliphatic heterocycles. The van der Waals surface area contributed by atoms with Gasteiger partial charge in [0.25, 0.3) is 0 Å². The van der Waals surface area contributed by atoms with Crippen molar-refractivity contribution in [2.75, 3.05) is 23.8 Å². The van der Waals surface area contributed by atoms with Crippen LogP contribution in [0.5, 0.6) is 0 Å². The number of anilines is 2. The Morgan fingerprint density at radius 3 is 2.76 bits per heavy atom. The number of nitrogen functional groups attached to an aromatic ring is 1. The van der Waals surface area contributed by atoms with Crippen molar-refractivity contribution >= 4 is 11.8 Å². The van der Waals surface area contributed by atoms with Crippen molar-refractivity contribution in [2.24, 2.45) is 0 Å². The van der Waals surface area contributed by atoms with Gasteiger partial charge in [-0.25, -0.2) is 4.98 Å². The molecule has 0 radical (unpaired) electrons. The summed E-state index contributed by atoms with van der Waals surface area (Å²) in [5, 5.41) is 8.96. The first-order valence-corrected chi connectivity index (χ1v) is 6.19. The van der Waals surface area contributed by atoms with Gasteiger partial charge in [-0.1, -0.05) is 0 Å². The first kappa shape index (κ1) is 12.1. The highest BCUT2D eigenvalue weighted by molar-refractivity contribution is 5.44. The van der Waals surface area contributed by atoms with Crippen LogP contribution in [0.1, 0.15) is 31.4 Å². The van der Waals surface area contributed by atoms with Gasteiger partial charge in [0.05, 0.1) is 0 Å². The molecule has 0 aromatic carbocycles. The fraction of sp³-hybridized carbons (Fsp3) is 0.667.